The van der Waals surface area contributed by atoms with Crippen LogP contribution in [0.2, 0.25) is 0 Å². The third-order valence-corrected chi connectivity index (χ3v) is 1.61. The maximum atomic E-state index is 10.6. The largest absolute Gasteiger partial charge is 0.600 e. The highest BCUT2D eigenvalue weighted by Crippen LogP contribution is 2.14. The number of hydroxylamine groups is 2. The Labute approximate surface area is 73.7 Å². The first kappa shape index (κ1) is 11.8. The summed E-state index contributed by atoms with van der Waals surface area (Å²) in [6, 6.07) is 0. The maximum Gasteiger partial charge on any atom is 0.122 e. The van der Waals surface area contributed by atoms with Crippen molar-refractivity contribution in [3.05, 3.63) is 5.21 Å². The molecule has 0 aliphatic carbocycles. The molecule has 1 atom stereocenters. The molecule has 12 heavy (non-hydrogen) atoms. The van der Waals surface area contributed by atoms with Crippen LogP contribution in [0.5, 0.6) is 0 Å². The normalized spacial score (nSPS) is 14.8. The highest BCUT2D eigenvalue weighted by Gasteiger charge is 2.21. The summed E-state index contributed by atoms with van der Waals surface area (Å²) in [5, 5.41) is 18.9. The number of hydrogen-bond donors (Lipinski definition) is 2. The van der Waals surface area contributed by atoms with Crippen molar-refractivity contribution < 1.29 is 15.2 Å². The van der Waals surface area contributed by atoms with E-state index in [0.717, 1.165) is 19.3 Å². The summed E-state index contributed by atoms with van der Waals surface area (Å²) in [4.78, 5) is 5.06. The summed E-state index contributed by atoms with van der Waals surface area (Å²) in [5.41, 5.74) is -0.388. The summed E-state index contributed by atoms with van der Waals surface area (Å²) in [5.74, 6) is 0. The summed E-state index contributed by atoms with van der Waals surface area (Å²) in [6.07, 6.45) is 2.45. The van der Waals surface area contributed by atoms with Crippen LogP contribution in [0.4, 0.5) is 0 Å². The second-order valence-corrected chi connectivity index (χ2v) is 3.53. The maximum absolute atomic E-state index is 10.6. The molecular weight excluding hydrogens is 158 g/mol. The van der Waals surface area contributed by atoms with Gasteiger partial charge in [0, 0.05) is 6.61 Å². The Balaban J connectivity index is 3.56. The minimum Gasteiger partial charge on any atom is -0.600 e. The average Bonchev–Trinajstić information content (AvgIpc) is 1.84. The Hall–Kier alpha value is -0.160. The Bertz CT molecular complexity index is 115. The first-order chi connectivity index (χ1) is 5.48. The number of unbranched alkanes of at least 4 members (excludes halogenated alkanes) is 1. The van der Waals surface area contributed by atoms with Crippen LogP contribution in [-0.4, -0.2) is 24.4 Å². The van der Waals surface area contributed by atoms with Gasteiger partial charge in [0.1, 0.15) is 5.60 Å². The standard InChI is InChI=1S/C8H19NO3/c1-8(2,12-9(3)11)6-4-5-7-10/h9-10H,4-7H2,1-3H3. The van der Waals surface area contributed by atoms with Crippen LogP contribution < -0.4 is 5.23 Å². The van der Waals surface area contributed by atoms with Gasteiger partial charge in [-0.15, -0.1) is 0 Å². The van der Waals surface area contributed by atoms with E-state index >= 15 is 0 Å². The van der Waals surface area contributed by atoms with E-state index in [2.05, 4.69) is 0 Å². The molecule has 0 saturated carbocycles. The van der Waals surface area contributed by atoms with Crippen molar-refractivity contribution in [1.29, 1.82) is 0 Å². The third kappa shape index (κ3) is 6.54. The van der Waals surface area contributed by atoms with E-state index in [-0.39, 0.29) is 17.4 Å². The van der Waals surface area contributed by atoms with Gasteiger partial charge in [-0.05, 0) is 33.1 Å². The van der Waals surface area contributed by atoms with Gasteiger partial charge in [0.2, 0.25) is 0 Å². The molecule has 0 bridgehead atoms. The molecule has 0 radical (unpaired) electrons. The van der Waals surface area contributed by atoms with Gasteiger partial charge < -0.3 is 10.3 Å². The third-order valence-electron chi connectivity index (χ3n) is 1.61. The van der Waals surface area contributed by atoms with Gasteiger partial charge in [0.05, 0.1) is 7.05 Å². The smallest absolute Gasteiger partial charge is 0.122 e. The summed E-state index contributed by atoms with van der Waals surface area (Å²) < 4.78 is 0. The fraction of sp³-hybridized carbons (Fsp3) is 1.00. The van der Waals surface area contributed by atoms with Crippen molar-refractivity contribution >= 4 is 0 Å². The van der Waals surface area contributed by atoms with Crippen molar-refractivity contribution in [1.82, 2.24) is 0 Å². The predicted molar refractivity (Wildman–Crippen MR) is 46.4 cm³/mol. The van der Waals surface area contributed by atoms with Gasteiger partial charge in [-0.2, -0.15) is 4.84 Å². The van der Waals surface area contributed by atoms with Crippen LogP contribution in [-0.2, 0) is 4.84 Å². The topological polar surface area (TPSA) is 57.0 Å². The van der Waals surface area contributed by atoms with Gasteiger partial charge >= 0.3 is 0 Å². The summed E-state index contributed by atoms with van der Waals surface area (Å²) >= 11 is 0. The number of rotatable bonds is 6. The van der Waals surface area contributed by atoms with Crippen LogP contribution in [0.1, 0.15) is 33.1 Å². The highest BCUT2D eigenvalue weighted by molar-refractivity contribution is 4.65. The van der Waals surface area contributed by atoms with Crippen LogP contribution >= 0.6 is 0 Å². The number of quaternary nitrogens is 1. The second kappa shape index (κ2) is 5.48. The zero-order chi connectivity index (χ0) is 9.61. The first-order valence-corrected chi connectivity index (χ1v) is 4.28. The quantitative estimate of drug-likeness (QED) is 0.439. The molecule has 0 aromatic carbocycles. The lowest BCUT2D eigenvalue weighted by Gasteiger charge is -2.28. The molecule has 0 spiro atoms. The molecule has 0 saturated heterocycles. The number of aliphatic hydroxyl groups is 1. The van der Waals surface area contributed by atoms with Crippen LogP contribution in [0.3, 0.4) is 0 Å². The molecule has 0 aromatic heterocycles. The Morgan fingerprint density at radius 2 is 2.00 bits per heavy atom. The zero-order valence-corrected chi connectivity index (χ0v) is 8.09. The Kier molecular flexibility index (Phi) is 5.41. The van der Waals surface area contributed by atoms with Crippen molar-refractivity contribution in [2.24, 2.45) is 0 Å². The molecule has 1 unspecified atom stereocenters. The SMILES string of the molecule is C[NH+]([O-])OC(C)(C)CCCCO. The first-order valence-electron chi connectivity index (χ1n) is 4.28. The van der Waals surface area contributed by atoms with E-state index in [1.165, 1.54) is 7.05 Å². The molecule has 0 rings (SSSR count). The molecular formula is C8H19NO3. The fourth-order valence-corrected chi connectivity index (χ4v) is 1.10. The molecule has 0 fully saturated rings. The minimum absolute atomic E-state index is 0.205. The van der Waals surface area contributed by atoms with Gasteiger partial charge in [-0.3, -0.25) is 0 Å². The number of hydrogen-bond acceptors (Lipinski definition) is 3. The van der Waals surface area contributed by atoms with Crippen LogP contribution in [0, 0.1) is 5.21 Å². The van der Waals surface area contributed by atoms with Crippen molar-refractivity contribution in [3.8, 4) is 0 Å². The Morgan fingerprint density at radius 3 is 2.42 bits per heavy atom. The molecule has 0 aliphatic heterocycles. The molecule has 0 aliphatic rings. The van der Waals surface area contributed by atoms with Crippen molar-refractivity contribution in [2.45, 2.75) is 38.7 Å². The van der Waals surface area contributed by atoms with E-state index in [0.29, 0.717) is 0 Å². The van der Waals surface area contributed by atoms with Crippen LogP contribution in [0.15, 0.2) is 0 Å². The van der Waals surface area contributed by atoms with Gasteiger partial charge in [0.15, 0.2) is 0 Å². The van der Waals surface area contributed by atoms with E-state index in [1.807, 2.05) is 13.8 Å². The summed E-state index contributed by atoms with van der Waals surface area (Å²) in [6.45, 7) is 3.97. The van der Waals surface area contributed by atoms with Gasteiger partial charge in [-0.1, -0.05) is 0 Å². The van der Waals surface area contributed by atoms with Crippen LogP contribution in [0.25, 0.3) is 0 Å². The predicted octanol–water partition coefficient (Wildman–Crippen LogP) is -0.128. The fourth-order valence-electron chi connectivity index (χ4n) is 1.10. The summed E-state index contributed by atoms with van der Waals surface area (Å²) in [7, 11) is 1.41. The van der Waals surface area contributed by atoms with E-state index < -0.39 is 0 Å². The van der Waals surface area contributed by atoms with Gasteiger partial charge in [0.25, 0.3) is 0 Å². The lowest BCUT2D eigenvalue weighted by atomic mass is 10.0. The molecule has 4 nitrogen and oxygen atoms in total. The molecule has 2 N–H and O–H groups in total. The number of aliphatic hydroxyl groups excluding tert-OH is 1. The van der Waals surface area contributed by atoms with Crippen molar-refractivity contribution in [3.63, 3.8) is 0 Å². The van der Waals surface area contributed by atoms with E-state index in [4.69, 9.17) is 9.94 Å². The molecule has 0 amide bonds. The lowest BCUT2D eigenvalue weighted by molar-refractivity contribution is -1.05. The highest BCUT2D eigenvalue weighted by atomic mass is 16.9. The molecule has 74 valence electrons. The number of nitrogens with one attached hydrogen (secondary N) is 1. The second-order valence-electron chi connectivity index (χ2n) is 3.53. The molecule has 0 aromatic rings. The van der Waals surface area contributed by atoms with Crippen molar-refractivity contribution in [2.75, 3.05) is 13.7 Å². The zero-order valence-electron chi connectivity index (χ0n) is 8.09. The van der Waals surface area contributed by atoms with Gasteiger partial charge in [-0.25, -0.2) is 5.23 Å². The average molecular weight is 177 g/mol. The lowest BCUT2D eigenvalue weighted by Crippen LogP contribution is -3.04. The van der Waals surface area contributed by atoms with E-state index in [1.54, 1.807) is 0 Å². The minimum atomic E-state index is -0.388. The molecule has 0 heterocycles. The molecule has 4 heteroatoms. The van der Waals surface area contributed by atoms with E-state index in [9.17, 15) is 5.21 Å². The monoisotopic (exact) mass is 177 g/mol. The Morgan fingerprint density at radius 1 is 1.42 bits per heavy atom.